The summed E-state index contributed by atoms with van der Waals surface area (Å²) in [5.74, 6) is 0.853. The first-order valence-electron chi connectivity index (χ1n) is 16.0. The molecule has 2 aliphatic rings. The number of aryl methyl sites for hydroxylation is 1. The van der Waals surface area contributed by atoms with Crippen LogP contribution in [0.3, 0.4) is 0 Å². The van der Waals surface area contributed by atoms with Gasteiger partial charge >= 0.3 is 6.18 Å². The first-order chi connectivity index (χ1) is 20.9. The topological polar surface area (TPSA) is 28.2 Å². The first-order valence-corrected chi connectivity index (χ1v) is 19.6. The average Bonchev–Trinajstić information content (AvgIpc) is 2.91. The molecule has 0 radical (unpaired) electrons. The van der Waals surface area contributed by atoms with Crippen molar-refractivity contribution in [2.75, 3.05) is 45.8 Å². The van der Waals surface area contributed by atoms with Gasteiger partial charge in [0.25, 0.3) is 0 Å². The fourth-order valence-corrected chi connectivity index (χ4v) is 8.17. The first kappa shape index (κ1) is 36.1. The molecule has 4 rings (SSSR count). The Morgan fingerprint density at radius 1 is 1.00 bits per heavy atom. The Hall–Kier alpha value is -1.69. The summed E-state index contributed by atoms with van der Waals surface area (Å²) in [6.45, 7) is 22.4. The third-order valence-electron chi connectivity index (χ3n) is 8.45. The van der Waals surface area contributed by atoms with Gasteiger partial charge in [0.05, 0.1) is 17.8 Å². The van der Waals surface area contributed by atoms with Crippen LogP contribution in [0.15, 0.2) is 30.3 Å². The smallest absolute Gasteiger partial charge is 0.416 e. The summed E-state index contributed by atoms with van der Waals surface area (Å²) >= 11 is 12.8. The fourth-order valence-electron chi connectivity index (χ4n) is 6.64. The van der Waals surface area contributed by atoms with Crippen molar-refractivity contribution in [2.24, 2.45) is 0 Å². The largest absolute Gasteiger partial charge is 0.547 e. The zero-order valence-corrected chi connectivity index (χ0v) is 30.7. The number of hydrogen-bond acceptors (Lipinski definition) is 5. The summed E-state index contributed by atoms with van der Waals surface area (Å²) in [6, 6.07) is 8.07. The van der Waals surface area contributed by atoms with Crippen LogP contribution in [-0.4, -0.2) is 92.8 Å². The molecule has 2 fully saturated rings. The van der Waals surface area contributed by atoms with Gasteiger partial charge in [0.2, 0.25) is 9.04 Å². The molecule has 0 unspecified atom stereocenters. The van der Waals surface area contributed by atoms with Crippen molar-refractivity contribution in [2.45, 2.75) is 90.9 Å². The van der Waals surface area contributed by atoms with Crippen LogP contribution in [0.2, 0.25) is 18.1 Å². The fraction of sp³-hybridized carbons (Fsp3) is 0.618. The number of morpholine rings is 1. The zero-order valence-electron chi connectivity index (χ0n) is 27.9. The zero-order chi connectivity index (χ0) is 33.3. The average molecular weight is 684 g/mol. The van der Waals surface area contributed by atoms with Gasteiger partial charge in [-0.05, 0) is 81.1 Å². The lowest BCUT2D eigenvalue weighted by atomic mass is 9.84. The molecule has 2 aliphatic heterocycles. The number of rotatable bonds is 8. The predicted octanol–water partition coefficient (Wildman–Crippen LogP) is 7.34. The van der Waals surface area contributed by atoms with E-state index in [9.17, 15) is 13.2 Å². The van der Waals surface area contributed by atoms with Gasteiger partial charge in [-0.3, -0.25) is 9.80 Å². The molecule has 2 aromatic carbocycles. The Morgan fingerprint density at radius 3 is 2.24 bits per heavy atom. The third kappa shape index (κ3) is 9.44. The number of benzene rings is 2. The molecule has 45 heavy (non-hydrogen) atoms. The van der Waals surface area contributed by atoms with Crippen molar-refractivity contribution < 1.29 is 22.3 Å². The number of ether oxygens (including phenoxy) is 1. The molecular formula is C34H49ClF3N3O2SSi. The van der Waals surface area contributed by atoms with Crippen molar-refractivity contribution in [3.63, 3.8) is 0 Å². The van der Waals surface area contributed by atoms with E-state index in [0.717, 1.165) is 56.1 Å². The standard InChI is InChI=1S/C34H49ClF3N3O2SSi/c1-22-15-26(17-27(16-22)34(36,37)38)32(44)41-14-13-39(11-12-40-19-23(2)42-24(3)20-40)21-28(41)18-25-9-10-29(35)30(33(4,5)6)31(25)43-45(7)8/h9-10,15-17,23-24,28,45H,11-14,18-21H2,1-8H3/t23-,24+,28-/m1/s1. The maximum Gasteiger partial charge on any atom is 0.416 e. The monoisotopic (exact) mass is 683 g/mol. The Balaban J connectivity index is 1.67. The molecule has 2 heterocycles. The van der Waals surface area contributed by atoms with Crippen LogP contribution in [0.4, 0.5) is 13.2 Å². The summed E-state index contributed by atoms with van der Waals surface area (Å²) in [7, 11) is -1.50. The van der Waals surface area contributed by atoms with E-state index in [4.69, 9.17) is 33.0 Å². The lowest BCUT2D eigenvalue weighted by Gasteiger charge is -2.44. The quantitative estimate of drug-likeness (QED) is 0.214. The lowest BCUT2D eigenvalue weighted by Crippen LogP contribution is -2.57. The summed E-state index contributed by atoms with van der Waals surface area (Å²) in [5, 5.41) is 0.682. The molecule has 0 N–H and O–H groups in total. The Bertz CT molecular complexity index is 1340. The number of alkyl halides is 3. The number of halogens is 4. The molecule has 250 valence electrons. The second kappa shape index (κ2) is 14.6. The number of hydrogen-bond donors (Lipinski definition) is 0. The highest BCUT2D eigenvalue weighted by atomic mass is 35.5. The highest BCUT2D eigenvalue weighted by Crippen LogP contribution is 2.41. The van der Waals surface area contributed by atoms with Crippen molar-refractivity contribution in [3.05, 3.63) is 63.2 Å². The molecule has 0 saturated carbocycles. The van der Waals surface area contributed by atoms with Gasteiger partial charge in [0.15, 0.2) is 0 Å². The number of nitrogens with zero attached hydrogens (tertiary/aromatic N) is 3. The van der Waals surface area contributed by atoms with E-state index < -0.39 is 20.8 Å². The van der Waals surface area contributed by atoms with Crippen LogP contribution >= 0.6 is 23.8 Å². The Morgan fingerprint density at radius 2 is 1.64 bits per heavy atom. The van der Waals surface area contributed by atoms with Gasteiger partial charge in [0, 0.05) is 68.0 Å². The van der Waals surface area contributed by atoms with Crippen LogP contribution in [0.25, 0.3) is 0 Å². The molecule has 0 bridgehead atoms. The molecule has 0 spiro atoms. The van der Waals surface area contributed by atoms with Gasteiger partial charge in [-0.15, -0.1) is 0 Å². The maximum atomic E-state index is 13.8. The van der Waals surface area contributed by atoms with Gasteiger partial charge in [-0.1, -0.05) is 50.7 Å². The van der Waals surface area contributed by atoms with E-state index >= 15 is 0 Å². The van der Waals surface area contributed by atoms with Gasteiger partial charge in [-0.2, -0.15) is 13.2 Å². The highest BCUT2D eigenvalue weighted by Gasteiger charge is 2.35. The van der Waals surface area contributed by atoms with Crippen molar-refractivity contribution >= 4 is 37.8 Å². The minimum Gasteiger partial charge on any atom is -0.547 e. The molecule has 2 saturated heterocycles. The van der Waals surface area contributed by atoms with E-state index in [1.54, 1.807) is 13.0 Å². The van der Waals surface area contributed by atoms with Gasteiger partial charge < -0.3 is 14.1 Å². The number of thiocarbonyl (C=S) groups is 1. The van der Waals surface area contributed by atoms with Crippen LogP contribution in [0.5, 0.6) is 5.75 Å². The lowest BCUT2D eigenvalue weighted by molar-refractivity contribution is -0.137. The Kier molecular flexibility index (Phi) is 11.7. The SMILES string of the molecule is Cc1cc(C(=S)N2CCN(CCN3C[C@@H](C)O[C@@H](C)C3)C[C@H]2Cc2ccc(Cl)c(C(C)(C)C)c2O[SiH](C)C)cc(C(F)(F)F)c1. The molecule has 0 aliphatic carbocycles. The van der Waals surface area contributed by atoms with Crippen LogP contribution < -0.4 is 4.43 Å². The minimum atomic E-state index is -4.44. The Labute approximate surface area is 279 Å². The van der Waals surface area contributed by atoms with E-state index in [0.29, 0.717) is 34.1 Å². The van der Waals surface area contributed by atoms with Gasteiger partial charge in [-0.25, -0.2) is 0 Å². The molecule has 5 nitrogen and oxygen atoms in total. The molecule has 0 aromatic heterocycles. The van der Waals surface area contributed by atoms with E-state index in [2.05, 4.69) is 68.5 Å². The maximum absolute atomic E-state index is 13.8. The number of piperazine rings is 1. The summed E-state index contributed by atoms with van der Waals surface area (Å²) < 4.78 is 53.8. The molecule has 2 aromatic rings. The molecule has 3 atom stereocenters. The molecular weight excluding hydrogens is 635 g/mol. The second-order valence-corrected chi connectivity index (χ2v) is 17.2. The summed E-state index contributed by atoms with van der Waals surface area (Å²) in [4.78, 5) is 7.52. The van der Waals surface area contributed by atoms with Crippen LogP contribution in [-0.2, 0) is 22.7 Å². The van der Waals surface area contributed by atoms with Crippen molar-refractivity contribution in [1.29, 1.82) is 0 Å². The van der Waals surface area contributed by atoms with E-state index in [1.165, 1.54) is 12.1 Å². The normalized spacial score (nSPS) is 22.2. The third-order valence-corrected chi connectivity index (χ3v) is 9.95. The minimum absolute atomic E-state index is 0.0613. The van der Waals surface area contributed by atoms with Crippen molar-refractivity contribution in [1.82, 2.24) is 14.7 Å². The molecule has 0 amide bonds. The van der Waals surface area contributed by atoms with E-state index in [1.807, 2.05) is 6.07 Å². The van der Waals surface area contributed by atoms with Crippen LogP contribution in [0.1, 0.15) is 62.4 Å². The van der Waals surface area contributed by atoms with Crippen molar-refractivity contribution in [3.8, 4) is 5.75 Å². The van der Waals surface area contributed by atoms with Gasteiger partial charge in [0.1, 0.15) is 10.7 Å². The van der Waals surface area contributed by atoms with Crippen LogP contribution in [0, 0.1) is 6.92 Å². The second-order valence-electron chi connectivity index (χ2n) is 14.1. The summed E-state index contributed by atoms with van der Waals surface area (Å²) in [6.07, 6.45) is -3.40. The highest BCUT2D eigenvalue weighted by molar-refractivity contribution is 7.80. The van der Waals surface area contributed by atoms with E-state index in [-0.39, 0.29) is 23.7 Å². The summed E-state index contributed by atoms with van der Waals surface area (Å²) in [5.41, 5.74) is 2.12. The molecule has 11 heteroatoms. The predicted molar refractivity (Wildman–Crippen MR) is 185 cm³/mol.